The van der Waals surface area contributed by atoms with Crippen LogP contribution in [0.2, 0.25) is 0 Å². The zero-order chi connectivity index (χ0) is 9.14. The number of hydrogen-bond acceptors (Lipinski definition) is 2. The van der Waals surface area contributed by atoms with E-state index in [4.69, 9.17) is 5.53 Å². The Labute approximate surface area is 73.2 Å². The van der Waals surface area contributed by atoms with E-state index in [0.717, 1.165) is 13.1 Å². The third-order valence-corrected chi connectivity index (χ3v) is 2.53. The molecule has 0 amide bonds. The molecule has 0 spiro atoms. The van der Waals surface area contributed by atoms with Crippen molar-refractivity contribution < 1.29 is 0 Å². The maximum atomic E-state index is 8.31. The number of azide groups is 1. The van der Waals surface area contributed by atoms with Gasteiger partial charge in [0.1, 0.15) is 0 Å². The van der Waals surface area contributed by atoms with Crippen LogP contribution in [0, 0.1) is 5.92 Å². The van der Waals surface area contributed by atoms with Gasteiger partial charge in [-0.3, -0.25) is 0 Å². The minimum absolute atomic E-state index is 0.178. The van der Waals surface area contributed by atoms with Crippen LogP contribution >= 0.6 is 0 Å². The summed E-state index contributed by atoms with van der Waals surface area (Å²) in [6.07, 6.45) is 0. The highest BCUT2D eigenvalue weighted by atomic mass is 15.2. The van der Waals surface area contributed by atoms with Gasteiger partial charge in [-0.15, -0.1) is 0 Å². The zero-order valence-electron chi connectivity index (χ0n) is 7.94. The molecule has 2 atom stereocenters. The second-order valence-electron chi connectivity index (χ2n) is 3.80. The van der Waals surface area contributed by atoms with E-state index < -0.39 is 0 Å². The standard InChI is InChI=1S/C8H16N4/c1-6(2)12-4-7(3)8(5-12)10-11-9/h6-8H,4-5H2,1-3H3/t7-,8-/m0/s1. The van der Waals surface area contributed by atoms with Crippen LogP contribution in [0.5, 0.6) is 0 Å². The highest BCUT2D eigenvalue weighted by Crippen LogP contribution is 2.21. The van der Waals surface area contributed by atoms with Crippen molar-refractivity contribution in [1.29, 1.82) is 0 Å². The first-order chi connectivity index (χ1) is 5.65. The predicted octanol–water partition coefficient (Wildman–Crippen LogP) is 2.03. The predicted molar refractivity (Wildman–Crippen MR) is 48.8 cm³/mol. The van der Waals surface area contributed by atoms with Crippen LogP contribution < -0.4 is 0 Å². The van der Waals surface area contributed by atoms with E-state index in [9.17, 15) is 0 Å². The molecular weight excluding hydrogens is 152 g/mol. The second-order valence-corrected chi connectivity index (χ2v) is 3.80. The van der Waals surface area contributed by atoms with E-state index in [-0.39, 0.29) is 6.04 Å². The fraction of sp³-hybridized carbons (Fsp3) is 1.00. The molecule has 0 N–H and O–H groups in total. The lowest BCUT2D eigenvalue weighted by Crippen LogP contribution is -2.28. The van der Waals surface area contributed by atoms with Crippen molar-refractivity contribution in [2.24, 2.45) is 11.0 Å². The first-order valence-corrected chi connectivity index (χ1v) is 4.43. The smallest absolute Gasteiger partial charge is 0.0539 e. The summed E-state index contributed by atoms with van der Waals surface area (Å²) in [6.45, 7) is 8.46. The van der Waals surface area contributed by atoms with Gasteiger partial charge in [-0.2, -0.15) is 0 Å². The minimum Gasteiger partial charge on any atom is -0.300 e. The van der Waals surface area contributed by atoms with Gasteiger partial charge in [0.2, 0.25) is 0 Å². The quantitative estimate of drug-likeness (QED) is 0.353. The van der Waals surface area contributed by atoms with Crippen LogP contribution in [0.1, 0.15) is 20.8 Å². The van der Waals surface area contributed by atoms with E-state index in [1.807, 2.05) is 0 Å². The summed E-state index contributed by atoms with van der Waals surface area (Å²) in [5, 5.41) is 3.78. The molecule has 0 bridgehead atoms. The van der Waals surface area contributed by atoms with Gasteiger partial charge < -0.3 is 4.90 Å². The molecule has 12 heavy (non-hydrogen) atoms. The van der Waals surface area contributed by atoms with Crippen molar-refractivity contribution in [3.63, 3.8) is 0 Å². The molecule has 0 aromatic carbocycles. The van der Waals surface area contributed by atoms with Gasteiger partial charge in [-0.1, -0.05) is 12.0 Å². The number of hydrogen-bond donors (Lipinski definition) is 0. The van der Waals surface area contributed by atoms with Crippen LogP contribution in [0.4, 0.5) is 0 Å². The average Bonchev–Trinajstić information content (AvgIpc) is 2.34. The van der Waals surface area contributed by atoms with Gasteiger partial charge in [0.15, 0.2) is 0 Å². The van der Waals surface area contributed by atoms with Crippen LogP contribution in [-0.4, -0.2) is 30.1 Å². The molecule has 0 aromatic heterocycles. The Morgan fingerprint density at radius 2 is 2.17 bits per heavy atom. The van der Waals surface area contributed by atoms with Crippen molar-refractivity contribution in [3.05, 3.63) is 10.4 Å². The van der Waals surface area contributed by atoms with Crippen LogP contribution in [-0.2, 0) is 0 Å². The monoisotopic (exact) mass is 168 g/mol. The molecule has 1 heterocycles. The third-order valence-electron chi connectivity index (χ3n) is 2.53. The molecule has 4 nitrogen and oxygen atoms in total. The number of likely N-dealkylation sites (tertiary alicyclic amines) is 1. The Kier molecular flexibility index (Phi) is 2.95. The van der Waals surface area contributed by atoms with Gasteiger partial charge in [0, 0.05) is 24.0 Å². The van der Waals surface area contributed by atoms with E-state index in [2.05, 4.69) is 35.7 Å². The third kappa shape index (κ3) is 1.90. The van der Waals surface area contributed by atoms with Gasteiger partial charge in [0.25, 0.3) is 0 Å². The Bertz CT molecular complexity index is 195. The summed E-state index contributed by atoms with van der Waals surface area (Å²) in [6, 6.07) is 0.740. The highest BCUT2D eigenvalue weighted by molar-refractivity contribution is 4.88. The fourth-order valence-electron chi connectivity index (χ4n) is 1.62. The summed E-state index contributed by atoms with van der Waals surface area (Å²) in [4.78, 5) is 5.21. The lowest BCUT2D eigenvalue weighted by Gasteiger charge is -2.19. The van der Waals surface area contributed by atoms with Gasteiger partial charge >= 0.3 is 0 Å². The Hall–Kier alpha value is -0.730. The van der Waals surface area contributed by atoms with Gasteiger partial charge in [-0.05, 0) is 25.3 Å². The molecule has 0 saturated carbocycles. The van der Waals surface area contributed by atoms with Crippen molar-refractivity contribution in [2.45, 2.75) is 32.9 Å². The SMILES string of the molecule is CC(C)N1C[C@H](N=[N+]=[N-])[C@@H](C)C1. The van der Waals surface area contributed by atoms with Crippen LogP contribution in [0.25, 0.3) is 10.4 Å². The zero-order valence-corrected chi connectivity index (χ0v) is 7.94. The van der Waals surface area contributed by atoms with Crippen molar-refractivity contribution in [3.8, 4) is 0 Å². The molecular formula is C8H16N4. The molecule has 0 unspecified atom stereocenters. The lowest BCUT2D eigenvalue weighted by atomic mass is 10.1. The first-order valence-electron chi connectivity index (χ1n) is 4.43. The van der Waals surface area contributed by atoms with Crippen LogP contribution in [0.3, 0.4) is 0 Å². The topological polar surface area (TPSA) is 52.0 Å². The van der Waals surface area contributed by atoms with Crippen molar-refractivity contribution >= 4 is 0 Å². The largest absolute Gasteiger partial charge is 0.300 e. The number of rotatable bonds is 2. The molecule has 1 rings (SSSR count). The molecule has 0 aromatic rings. The number of nitrogens with zero attached hydrogens (tertiary/aromatic N) is 4. The van der Waals surface area contributed by atoms with Crippen molar-refractivity contribution in [1.82, 2.24) is 4.90 Å². The summed E-state index contributed by atoms with van der Waals surface area (Å²) < 4.78 is 0. The highest BCUT2D eigenvalue weighted by Gasteiger charge is 2.29. The molecule has 0 radical (unpaired) electrons. The molecule has 1 aliphatic heterocycles. The fourth-order valence-corrected chi connectivity index (χ4v) is 1.62. The second kappa shape index (κ2) is 3.78. The molecule has 68 valence electrons. The molecule has 1 aliphatic rings. The molecule has 4 heteroatoms. The summed E-state index contributed by atoms with van der Waals surface area (Å²) in [5.41, 5.74) is 8.31. The molecule has 0 aliphatic carbocycles. The van der Waals surface area contributed by atoms with Crippen LogP contribution in [0.15, 0.2) is 5.11 Å². The minimum atomic E-state index is 0.178. The van der Waals surface area contributed by atoms with E-state index in [1.165, 1.54) is 0 Å². The maximum absolute atomic E-state index is 8.31. The van der Waals surface area contributed by atoms with Crippen molar-refractivity contribution in [2.75, 3.05) is 13.1 Å². The van der Waals surface area contributed by atoms with E-state index in [1.54, 1.807) is 0 Å². The maximum Gasteiger partial charge on any atom is 0.0539 e. The van der Waals surface area contributed by atoms with Gasteiger partial charge in [0.05, 0.1) is 6.04 Å². The summed E-state index contributed by atoms with van der Waals surface area (Å²) >= 11 is 0. The van der Waals surface area contributed by atoms with E-state index >= 15 is 0 Å². The Morgan fingerprint density at radius 3 is 2.58 bits per heavy atom. The van der Waals surface area contributed by atoms with Gasteiger partial charge in [-0.25, -0.2) is 0 Å². The Morgan fingerprint density at radius 1 is 1.50 bits per heavy atom. The summed E-state index contributed by atoms with van der Waals surface area (Å²) in [7, 11) is 0. The molecule has 1 saturated heterocycles. The first kappa shape index (κ1) is 9.36. The normalized spacial score (nSPS) is 30.7. The molecule has 1 fully saturated rings. The Balaban J connectivity index is 2.55. The lowest BCUT2D eigenvalue weighted by molar-refractivity contribution is 0.266. The summed E-state index contributed by atoms with van der Waals surface area (Å²) in [5.74, 6) is 0.503. The average molecular weight is 168 g/mol. The van der Waals surface area contributed by atoms with E-state index in [0.29, 0.717) is 12.0 Å².